The fourth-order valence-corrected chi connectivity index (χ4v) is 4.23. The van der Waals surface area contributed by atoms with Crippen LogP contribution in [0.3, 0.4) is 0 Å². The van der Waals surface area contributed by atoms with Gasteiger partial charge >= 0.3 is 12.0 Å². The number of benzene rings is 2. The van der Waals surface area contributed by atoms with E-state index < -0.39 is 29.8 Å². The number of carbonyl (C=O) groups is 3. The number of carbonyl (C=O) groups excluding carboxylic acids is 3. The smallest absolute Gasteiger partial charge is 0.343 e. The molecule has 0 aliphatic heterocycles. The number of halogens is 2. The van der Waals surface area contributed by atoms with Crippen molar-refractivity contribution in [1.29, 1.82) is 0 Å². The van der Waals surface area contributed by atoms with Crippen molar-refractivity contribution in [2.45, 2.75) is 38.6 Å². The van der Waals surface area contributed by atoms with Crippen molar-refractivity contribution in [2.24, 2.45) is 0 Å². The highest BCUT2D eigenvalue weighted by molar-refractivity contribution is 9.10. The van der Waals surface area contributed by atoms with E-state index in [-0.39, 0.29) is 34.6 Å². The minimum Gasteiger partial charge on any atom is -0.422 e. The fraction of sp³-hybridized carbons (Fsp3) is 0.259. The first-order chi connectivity index (χ1) is 17.8. The molecule has 0 saturated heterocycles. The van der Waals surface area contributed by atoms with Crippen molar-refractivity contribution >= 4 is 45.2 Å². The molecule has 1 aliphatic rings. The van der Waals surface area contributed by atoms with Crippen molar-refractivity contribution in [3.63, 3.8) is 0 Å². The molecule has 2 amide bonds. The zero-order valence-electron chi connectivity index (χ0n) is 20.3. The lowest BCUT2D eigenvalue weighted by atomic mass is 9.99. The molecule has 2 aromatic carbocycles. The highest BCUT2D eigenvalue weighted by atomic mass is 79.9. The summed E-state index contributed by atoms with van der Waals surface area (Å²) in [5, 5.41) is 8.54. The molecule has 0 unspecified atom stereocenters. The first kappa shape index (κ1) is 26.3. The van der Waals surface area contributed by atoms with E-state index in [0.717, 1.165) is 10.2 Å². The van der Waals surface area contributed by atoms with Crippen LogP contribution in [0.25, 0.3) is 0 Å². The molecule has 4 rings (SSSR count). The zero-order valence-corrected chi connectivity index (χ0v) is 21.9. The van der Waals surface area contributed by atoms with Crippen LogP contribution in [0.2, 0.25) is 0 Å². The number of amides is 2. The minimum atomic E-state index is -0.707. The summed E-state index contributed by atoms with van der Waals surface area (Å²) >= 11 is 3.28. The van der Waals surface area contributed by atoms with E-state index in [1.54, 1.807) is 43.5 Å². The van der Waals surface area contributed by atoms with E-state index in [1.807, 2.05) is 13.0 Å². The number of hydrogen-bond acceptors (Lipinski definition) is 6. The second-order valence-electron chi connectivity index (χ2n) is 8.52. The van der Waals surface area contributed by atoms with Gasteiger partial charge in [0.25, 0.3) is 0 Å². The van der Waals surface area contributed by atoms with Gasteiger partial charge in [0, 0.05) is 46.8 Å². The molecule has 0 radical (unpaired) electrons. The quantitative estimate of drug-likeness (QED) is 0.168. The Kier molecular flexibility index (Phi) is 8.17. The number of aromatic nitrogens is 1. The van der Waals surface area contributed by atoms with Crippen molar-refractivity contribution in [3.05, 3.63) is 81.7 Å². The van der Waals surface area contributed by atoms with Gasteiger partial charge in [-0.3, -0.25) is 10.1 Å². The standard InChI is InChI=1S/C27H26BrFN4O4/c1-3-22(34)18-9-10-20(29)24(25(18)37-26(35)15-6-5-7-17(12-15)30-4-2)19-13-21(19)32-27(36)33-23-11-8-16(28)14-31-23/h5-12,14,19,21,30H,3-4,13H2,1-2H3,(H2,31,32,33,36)/t19-,21+/m0/s1. The average Bonchev–Trinajstić information content (AvgIpc) is 3.63. The number of hydrogen-bond donors (Lipinski definition) is 3. The minimum absolute atomic E-state index is 0.0996. The highest BCUT2D eigenvalue weighted by Gasteiger charge is 2.44. The first-order valence-electron chi connectivity index (χ1n) is 11.9. The summed E-state index contributed by atoms with van der Waals surface area (Å²) in [6.45, 7) is 4.28. The maximum atomic E-state index is 15.1. The van der Waals surface area contributed by atoms with Crippen LogP contribution in [-0.4, -0.2) is 35.4 Å². The molecule has 1 aromatic heterocycles. The molecule has 10 heteroatoms. The third-order valence-corrected chi connectivity index (χ3v) is 6.35. The molecule has 1 heterocycles. The third kappa shape index (κ3) is 6.32. The summed E-state index contributed by atoms with van der Waals surface area (Å²) in [6.07, 6.45) is 2.12. The van der Waals surface area contributed by atoms with Gasteiger partial charge in [-0.2, -0.15) is 0 Å². The number of ether oxygens (including phenoxy) is 1. The Labute approximate surface area is 222 Å². The molecule has 8 nitrogen and oxygen atoms in total. The molecule has 37 heavy (non-hydrogen) atoms. The van der Waals surface area contributed by atoms with Crippen molar-refractivity contribution in [3.8, 4) is 5.75 Å². The van der Waals surface area contributed by atoms with Gasteiger partial charge in [-0.15, -0.1) is 0 Å². The Morgan fingerprint density at radius 1 is 1.14 bits per heavy atom. The molecule has 3 aromatic rings. The Hall–Kier alpha value is -3.79. The predicted octanol–water partition coefficient (Wildman–Crippen LogP) is 5.90. The second-order valence-corrected chi connectivity index (χ2v) is 9.44. The molecule has 0 spiro atoms. The van der Waals surface area contributed by atoms with Crippen LogP contribution in [0, 0.1) is 5.82 Å². The Balaban J connectivity index is 1.57. The van der Waals surface area contributed by atoms with Crippen LogP contribution >= 0.6 is 15.9 Å². The van der Waals surface area contributed by atoms with Crippen LogP contribution in [0.4, 0.5) is 20.7 Å². The topological polar surface area (TPSA) is 109 Å². The van der Waals surface area contributed by atoms with Gasteiger partial charge in [0.05, 0.1) is 11.1 Å². The summed E-state index contributed by atoms with van der Waals surface area (Å²) in [4.78, 5) is 42.3. The molecule has 2 atom stereocenters. The van der Waals surface area contributed by atoms with Gasteiger partial charge in [-0.1, -0.05) is 13.0 Å². The number of rotatable bonds is 9. The van der Waals surface area contributed by atoms with E-state index in [1.165, 1.54) is 12.1 Å². The number of esters is 1. The summed E-state index contributed by atoms with van der Waals surface area (Å²) in [6, 6.07) is 11.7. The zero-order chi connectivity index (χ0) is 26.5. The van der Waals surface area contributed by atoms with Crippen molar-refractivity contribution < 1.29 is 23.5 Å². The third-order valence-electron chi connectivity index (χ3n) is 5.89. The first-order valence-corrected chi connectivity index (χ1v) is 12.7. The lowest BCUT2D eigenvalue weighted by Crippen LogP contribution is -2.31. The molecule has 1 saturated carbocycles. The number of pyridine rings is 1. The summed E-state index contributed by atoms with van der Waals surface area (Å²) in [7, 11) is 0. The second kappa shape index (κ2) is 11.5. The lowest BCUT2D eigenvalue weighted by molar-refractivity contribution is 0.0730. The summed E-state index contributed by atoms with van der Waals surface area (Å²) in [5.74, 6) is -1.81. The molecule has 1 aliphatic carbocycles. The molecular weight excluding hydrogens is 543 g/mol. The van der Waals surface area contributed by atoms with E-state index in [0.29, 0.717) is 18.8 Å². The SMILES string of the molecule is CCNc1cccc(C(=O)Oc2c(C(=O)CC)ccc(F)c2[C@H]2C[C@H]2NC(=O)Nc2ccc(Br)cn2)c1. The van der Waals surface area contributed by atoms with Gasteiger partial charge < -0.3 is 15.4 Å². The van der Waals surface area contributed by atoms with Crippen molar-refractivity contribution in [2.75, 3.05) is 17.2 Å². The predicted molar refractivity (Wildman–Crippen MR) is 142 cm³/mol. The largest absolute Gasteiger partial charge is 0.422 e. The number of anilines is 2. The van der Waals surface area contributed by atoms with Gasteiger partial charge in [0.1, 0.15) is 17.4 Å². The highest BCUT2D eigenvalue weighted by Crippen LogP contribution is 2.47. The van der Waals surface area contributed by atoms with Gasteiger partial charge in [0.15, 0.2) is 5.78 Å². The maximum Gasteiger partial charge on any atom is 0.343 e. The van der Waals surface area contributed by atoms with E-state index in [2.05, 4.69) is 36.9 Å². The normalized spacial score (nSPS) is 16.0. The van der Waals surface area contributed by atoms with Gasteiger partial charge in [-0.05, 0) is 71.7 Å². The van der Waals surface area contributed by atoms with Crippen molar-refractivity contribution in [1.82, 2.24) is 10.3 Å². The van der Waals surface area contributed by atoms with Gasteiger partial charge in [-0.25, -0.2) is 19.0 Å². The average molecular weight is 569 g/mol. The number of Topliss-reactive ketones (excluding diaryl/α,β-unsaturated/α-hetero) is 1. The number of nitrogens with zero attached hydrogens (tertiary/aromatic N) is 1. The van der Waals surface area contributed by atoms with Crippen LogP contribution in [0.15, 0.2) is 59.2 Å². The van der Waals surface area contributed by atoms with E-state index in [9.17, 15) is 14.4 Å². The van der Waals surface area contributed by atoms with E-state index >= 15 is 4.39 Å². The summed E-state index contributed by atoms with van der Waals surface area (Å²) in [5.41, 5.74) is 1.22. The maximum absolute atomic E-state index is 15.1. The van der Waals surface area contributed by atoms with E-state index in [4.69, 9.17) is 4.74 Å². The number of nitrogens with one attached hydrogen (secondary N) is 3. The monoisotopic (exact) mass is 568 g/mol. The summed E-state index contributed by atoms with van der Waals surface area (Å²) < 4.78 is 21.6. The molecule has 0 bridgehead atoms. The van der Waals surface area contributed by atoms with Crippen LogP contribution in [0.5, 0.6) is 5.75 Å². The molecule has 1 fully saturated rings. The van der Waals surface area contributed by atoms with Crippen LogP contribution in [-0.2, 0) is 0 Å². The molecular formula is C27H26BrFN4O4. The Bertz CT molecular complexity index is 1330. The number of urea groups is 1. The molecule has 192 valence electrons. The van der Waals surface area contributed by atoms with Crippen LogP contribution < -0.4 is 20.7 Å². The van der Waals surface area contributed by atoms with Gasteiger partial charge in [0.2, 0.25) is 0 Å². The Morgan fingerprint density at radius 3 is 2.65 bits per heavy atom. The fourth-order valence-electron chi connectivity index (χ4n) is 4.00. The number of ketones is 1. The van der Waals surface area contributed by atoms with Crippen LogP contribution in [0.1, 0.15) is 58.9 Å². The Morgan fingerprint density at radius 2 is 1.95 bits per heavy atom. The lowest BCUT2D eigenvalue weighted by Gasteiger charge is -2.16. The molecule has 3 N–H and O–H groups in total.